The maximum atomic E-state index is 14.5. The number of hydrogen-bond donors (Lipinski definition) is 1. The van der Waals surface area contributed by atoms with Crippen LogP contribution in [0, 0.1) is 11.8 Å². The van der Waals surface area contributed by atoms with Crippen molar-refractivity contribution in [2.24, 2.45) is 11.8 Å². The maximum absolute atomic E-state index is 14.5. The Bertz CT molecular complexity index is 1330. The Morgan fingerprint density at radius 1 is 1.12 bits per heavy atom. The fourth-order valence-corrected chi connectivity index (χ4v) is 6.92. The van der Waals surface area contributed by atoms with Crippen molar-refractivity contribution in [1.82, 2.24) is 10.2 Å². The molecule has 1 aromatic rings. The molecule has 0 aromatic heterocycles. The number of benzene rings is 1. The molecule has 0 bridgehead atoms. The number of fused-ring (bicyclic) bond motifs is 1. The van der Waals surface area contributed by atoms with E-state index in [0.717, 1.165) is 19.3 Å². The number of carbonyl (C=O) groups is 4. The van der Waals surface area contributed by atoms with E-state index in [0.29, 0.717) is 43.3 Å². The summed E-state index contributed by atoms with van der Waals surface area (Å²) >= 11 is 0. The van der Waals surface area contributed by atoms with Gasteiger partial charge in [-0.2, -0.15) is 0 Å². The van der Waals surface area contributed by atoms with E-state index >= 15 is 0 Å². The van der Waals surface area contributed by atoms with Crippen LogP contribution < -0.4 is 19.9 Å². The highest BCUT2D eigenvalue weighted by atomic mass is 16.6. The number of methoxy groups -OCH3 is 1. The summed E-state index contributed by atoms with van der Waals surface area (Å²) in [4.78, 5) is 60.0. The van der Waals surface area contributed by atoms with Crippen LogP contribution in [0.1, 0.15) is 87.5 Å². The normalized spacial score (nSPS) is 23.8. The van der Waals surface area contributed by atoms with Gasteiger partial charge >= 0.3 is 6.09 Å². The lowest BCUT2D eigenvalue weighted by atomic mass is 9.87. The van der Waals surface area contributed by atoms with Gasteiger partial charge in [0.05, 0.1) is 29.7 Å². The molecule has 2 heterocycles. The van der Waals surface area contributed by atoms with E-state index in [4.69, 9.17) is 18.9 Å². The zero-order valence-electron chi connectivity index (χ0n) is 30.3. The number of amides is 4. The van der Waals surface area contributed by atoms with Crippen LogP contribution in [-0.2, 0) is 28.6 Å². The number of anilines is 2. The lowest BCUT2D eigenvalue weighted by Gasteiger charge is -2.41. The number of ether oxygens (including phenoxy) is 4. The van der Waals surface area contributed by atoms with E-state index in [2.05, 4.69) is 5.32 Å². The molecule has 0 unspecified atom stereocenters. The number of piperidine rings is 1. The van der Waals surface area contributed by atoms with Crippen LogP contribution in [0.2, 0.25) is 0 Å². The van der Waals surface area contributed by atoms with Gasteiger partial charge in [0.15, 0.2) is 5.60 Å². The second-order valence-corrected chi connectivity index (χ2v) is 14.9. The topological polar surface area (TPSA) is 127 Å². The predicted octanol–water partition coefficient (Wildman–Crippen LogP) is 4.92. The molecule has 4 rings (SSSR count). The van der Waals surface area contributed by atoms with Crippen molar-refractivity contribution in [2.75, 3.05) is 49.8 Å². The van der Waals surface area contributed by atoms with Gasteiger partial charge in [-0.15, -0.1) is 0 Å². The Kier molecular flexibility index (Phi) is 12.0. The highest BCUT2D eigenvalue weighted by Gasteiger charge is 2.44. The van der Waals surface area contributed by atoms with Crippen LogP contribution >= 0.6 is 0 Å². The Morgan fingerprint density at radius 3 is 2.48 bits per heavy atom. The molecule has 4 amide bonds. The van der Waals surface area contributed by atoms with Crippen LogP contribution in [0.25, 0.3) is 0 Å². The SMILES string of the molecule is CCO[C@H]1CCC[C@@H]1NC(=O)[C@H]1C[C@@H](C(=O)N(c2ccc3c(c2)N(CCCOC)C(=O)C(C)(C)O3)C(C)C)CN(C(=O)OC(C)(C)C)C1. The van der Waals surface area contributed by atoms with Gasteiger partial charge in [-0.05, 0) is 106 Å². The van der Waals surface area contributed by atoms with Crippen molar-refractivity contribution < 1.29 is 38.1 Å². The van der Waals surface area contributed by atoms with Crippen LogP contribution in [0.4, 0.5) is 16.2 Å². The zero-order valence-corrected chi connectivity index (χ0v) is 30.3. The predicted molar refractivity (Wildman–Crippen MR) is 183 cm³/mol. The first-order chi connectivity index (χ1) is 22.6. The molecule has 1 saturated heterocycles. The van der Waals surface area contributed by atoms with Crippen molar-refractivity contribution in [3.63, 3.8) is 0 Å². The number of carbonyl (C=O) groups excluding carboxylic acids is 4. The Morgan fingerprint density at radius 2 is 1.83 bits per heavy atom. The number of nitrogens with zero attached hydrogens (tertiary/aromatic N) is 3. The van der Waals surface area contributed by atoms with Gasteiger partial charge in [-0.1, -0.05) is 0 Å². The molecule has 12 heteroatoms. The van der Waals surface area contributed by atoms with Crippen molar-refractivity contribution in [3.05, 3.63) is 18.2 Å². The summed E-state index contributed by atoms with van der Waals surface area (Å²) in [7, 11) is 1.62. The monoisotopic (exact) mass is 672 g/mol. The third kappa shape index (κ3) is 8.80. The van der Waals surface area contributed by atoms with Gasteiger partial charge in [0.2, 0.25) is 11.8 Å². The molecule has 1 saturated carbocycles. The molecule has 3 aliphatic rings. The zero-order chi connectivity index (χ0) is 35.4. The molecule has 4 atom stereocenters. The fourth-order valence-electron chi connectivity index (χ4n) is 6.92. The number of nitrogens with one attached hydrogen (secondary N) is 1. The van der Waals surface area contributed by atoms with E-state index in [1.807, 2.05) is 32.9 Å². The highest BCUT2D eigenvalue weighted by molar-refractivity contribution is 6.04. The van der Waals surface area contributed by atoms with Gasteiger partial charge in [0.1, 0.15) is 11.4 Å². The standard InChI is InChI=1S/C36H56N4O8/c1-10-46-29-14-11-13-27(29)37-31(41)24-19-25(22-38(21-24)34(44)48-35(4,5)6)32(42)40(23(2)3)26-15-16-30-28(20-26)39(17-12-18-45-9)33(43)36(7,8)47-30/h15-16,20,23-25,27,29H,10-14,17-19,21-22H2,1-9H3,(H,37,41)/t24-,25+,27-,29-/m0/s1. The molecule has 268 valence electrons. The van der Waals surface area contributed by atoms with E-state index in [1.54, 1.807) is 57.6 Å². The summed E-state index contributed by atoms with van der Waals surface area (Å²) < 4.78 is 22.9. The summed E-state index contributed by atoms with van der Waals surface area (Å²) in [6.45, 7) is 16.4. The van der Waals surface area contributed by atoms with Gasteiger partial charge in [-0.3, -0.25) is 14.4 Å². The van der Waals surface area contributed by atoms with Crippen LogP contribution in [0.3, 0.4) is 0 Å². The summed E-state index contributed by atoms with van der Waals surface area (Å²) in [5, 5.41) is 3.18. The van der Waals surface area contributed by atoms with Crippen molar-refractivity contribution in [2.45, 2.75) is 117 Å². The molecule has 0 radical (unpaired) electrons. The lowest BCUT2D eigenvalue weighted by Crippen LogP contribution is -2.55. The van der Waals surface area contributed by atoms with Gasteiger partial charge in [0.25, 0.3) is 5.91 Å². The summed E-state index contributed by atoms with van der Waals surface area (Å²) in [5.41, 5.74) is -0.596. The smallest absolute Gasteiger partial charge is 0.410 e. The van der Waals surface area contributed by atoms with Gasteiger partial charge in [-0.25, -0.2) is 4.79 Å². The number of likely N-dealkylation sites (tertiary alicyclic amines) is 1. The Balaban J connectivity index is 1.63. The summed E-state index contributed by atoms with van der Waals surface area (Å²) in [5.74, 6) is -1.29. The molecule has 1 N–H and O–H groups in total. The Hall–Kier alpha value is -3.38. The van der Waals surface area contributed by atoms with Crippen molar-refractivity contribution in [3.8, 4) is 5.75 Å². The molecule has 1 aromatic carbocycles. The van der Waals surface area contributed by atoms with Crippen LogP contribution in [0.15, 0.2) is 18.2 Å². The first kappa shape index (κ1) is 37.4. The quantitative estimate of drug-likeness (QED) is 0.329. The molecular formula is C36H56N4O8. The molecule has 1 aliphatic carbocycles. The minimum atomic E-state index is -1.04. The van der Waals surface area contributed by atoms with Crippen LogP contribution in [-0.4, -0.2) is 98.1 Å². The fraction of sp³-hybridized carbons (Fsp3) is 0.722. The second kappa shape index (κ2) is 15.4. The van der Waals surface area contributed by atoms with E-state index < -0.39 is 29.1 Å². The summed E-state index contributed by atoms with van der Waals surface area (Å²) in [6.07, 6.45) is 2.99. The van der Waals surface area contributed by atoms with Crippen molar-refractivity contribution in [1.29, 1.82) is 0 Å². The van der Waals surface area contributed by atoms with Gasteiger partial charge in [0, 0.05) is 51.7 Å². The van der Waals surface area contributed by atoms with E-state index in [1.165, 1.54) is 4.90 Å². The van der Waals surface area contributed by atoms with E-state index in [9.17, 15) is 19.2 Å². The third-order valence-electron chi connectivity index (χ3n) is 9.10. The van der Waals surface area contributed by atoms with E-state index in [-0.39, 0.29) is 55.4 Å². The number of hydrogen-bond acceptors (Lipinski definition) is 8. The van der Waals surface area contributed by atoms with Gasteiger partial charge < -0.3 is 39.0 Å². The third-order valence-corrected chi connectivity index (χ3v) is 9.10. The molecule has 2 aliphatic heterocycles. The first-order valence-electron chi connectivity index (χ1n) is 17.4. The lowest BCUT2D eigenvalue weighted by molar-refractivity contribution is -0.133. The first-order valence-corrected chi connectivity index (χ1v) is 17.4. The maximum Gasteiger partial charge on any atom is 0.410 e. The Labute approximate surface area is 285 Å². The highest BCUT2D eigenvalue weighted by Crippen LogP contribution is 2.41. The largest absolute Gasteiger partial charge is 0.476 e. The molecule has 2 fully saturated rings. The second-order valence-electron chi connectivity index (χ2n) is 14.9. The summed E-state index contributed by atoms with van der Waals surface area (Å²) in [6, 6.07) is 5.07. The molecule has 0 spiro atoms. The molecular weight excluding hydrogens is 616 g/mol. The minimum Gasteiger partial charge on any atom is -0.476 e. The average molecular weight is 673 g/mol. The molecule has 48 heavy (non-hydrogen) atoms. The number of rotatable bonds is 11. The van der Waals surface area contributed by atoms with Crippen LogP contribution in [0.5, 0.6) is 5.75 Å². The minimum absolute atomic E-state index is 0.0436. The average Bonchev–Trinajstić information content (AvgIpc) is 3.44. The molecule has 12 nitrogen and oxygen atoms in total. The van der Waals surface area contributed by atoms with Crippen molar-refractivity contribution >= 4 is 35.2 Å².